The Morgan fingerprint density at radius 1 is 1.15 bits per heavy atom. The molecule has 2 unspecified atom stereocenters. The van der Waals surface area contributed by atoms with Crippen LogP contribution in [0.15, 0.2) is 36.4 Å². The van der Waals surface area contributed by atoms with Gasteiger partial charge in [0.2, 0.25) is 0 Å². The molecular formula is C19H20FNO4S. The van der Waals surface area contributed by atoms with Crippen LogP contribution in [-0.2, 0) is 14.3 Å². The van der Waals surface area contributed by atoms with Gasteiger partial charge in [-0.05, 0) is 43.7 Å². The Morgan fingerprint density at radius 2 is 1.81 bits per heavy atom. The van der Waals surface area contributed by atoms with Crippen molar-refractivity contribution in [3.05, 3.63) is 47.1 Å². The van der Waals surface area contributed by atoms with Gasteiger partial charge in [0.15, 0.2) is 6.61 Å². The lowest BCUT2D eigenvalue weighted by Crippen LogP contribution is -2.49. The zero-order valence-corrected chi connectivity index (χ0v) is 15.4. The quantitative estimate of drug-likeness (QED) is 0.767. The topological polar surface area (TPSA) is 55.8 Å². The van der Waals surface area contributed by atoms with Crippen LogP contribution in [0.1, 0.15) is 23.5 Å². The van der Waals surface area contributed by atoms with Gasteiger partial charge in [0.25, 0.3) is 5.91 Å². The first-order valence-corrected chi connectivity index (χ1v) is 9.20. The molecule has 0 radical (unpaired) electrons. The highest BCUT2D eigenvalue weighted by atomic mass is 32.1. The molecule has 1 saturated heterocycles. The number of carbonyl (C=O) groups is 2. The summed E-state index contributed by atoms with van der Waals surface area (Å²) < 4.78 is 23.8. The Morgan fingerprint density at radius 3 is 2.46 bits per heavy atom. The summed E-state index contributed by atoms with van der Waals surface area (Å²) in [5, 5.41) is 0. The number of esters is 1. The summed E-state index contributed by atoms with van der Waals surface area (Å²) in [6.07, 6.45) is -0.0667. The van der Waals surface area contributed by atoms with E-state index in [4.69, 9.17) is 9.47 Å². The Balaban J connectivity index is 1.57. The number of nitrogens with zero attached hydrogens (tertiary/aromatic N) is 1. The first-order valence-electron chi connectivity index (χ1n) is 8.38. The minimum atomic E-state index is -0.536. The van der Waals surface area contributed by atoms with E-state index in [0.29, 0.717) is 18.0 Å². The Kier molecular flexibility index (Phi) is 5.68. The maximum atomic E-state index is 13.0. The van der Waals surface area contributed by atoms with Crippen molar-refractivity contribution in [1.29, 1.82) is 0 Å². The van der Waals surface area contributed by atoms with Crippen LogP contribution in [0.4, 0.5) is 4.39 Å². The van der Waals surface area contributed by atoms with Crippen molar-refractivity contribution in [3.63, 3.8) is 0 Å². The van der Waals surface area contributed by atoms with Gasteiger partial charge in [0.05, 0.1) is 12.2 Å². The predicted octanol–water partition coefficient (Wildman–Crippen LogP) is 3.35. The van der Waals surface area contributed by atoms with Crippen molar-refractivity contribution >= 4 is 23.2 Å². The predicted molar refractivity (Wildman–Crippen MR) is 96.6 cm³/mol. The SMILES string of the molecule is CC1CN(C(=O)COC(=O)c2ccc(-c3ccc(F)cc3)s2)CC(C)O1. The molecule has 2 heterocycles. The monoisotopic (exact) mass is 377 g/mol. The van der Waals surface area contributed by atoms with Gasteiger partial charge < -0.3 is 14.4 Å². The van der Waals surface area contributed by atoms with Gasteiger partial charge in [-0.2, -0.15) is 0 Å². The molecule has 3 rings (SSSR count). The molecule has 2 aromatic rings. The average Bonchev–Trinajstić information content (AvgIpc) is 3.09. The summed E-state index contributed by atoms with van der Waals surface area (Å²) >= 11 is 1.25. The number of benzene rings is 1. The lowest BCUT2D eigenvalue weighted by atomic mass is 10.2. The van der Waals surface area contributed by atoms with E-state index in [1.165, 1.54) is 23.5 Å². The van der Waals surface area contributed by atoms with Crippen LogP contribution in [0.2, 0.25) is 0 Å². The highest BCUT2D eigenvalue weighted by Crippen LogP contribution is 2.28. The third kappa shape index (κ3) is 4.47. The van der Waals surface area contributed by atoms with Crippen LogP contribution in [0.3, 0.4) is 0 Å². The van der Waals surface area contributed by atoms with Crippen LogP contribution >= 0.6 is 11.3 Å². The maximum absolute atomic E-state index is 13.0. The fraction of sp³-hybridized carbons (Fsp3) is 0.368. The number of halogens is 1. The van der Waals surface area contributed by atoms with E-state index in [-0.39, 0.29) is 30.5 Å². The summed E-state index contributed by atoms with van der Waals surface area (Å²) in [5.74, 6) is -1.07. The molecule has 1 fully saturated rings. The number of thiophene rings is 1. The highest BCUT2D eigenvalue weighted by Gasteiger charge is 2.26. The number of hydrogen-bond donors (Lipinski definition) is 0. The molecule has 26 heavy (non-hydrogen) atoms. The summed E-state index contributed by atoms with van der Waals surface area (Å²) in [4.78, 5) is 27.3. The lowest BCUT2D eigenvalue weighted by Gasteiger charge is -2.35. The number of ether oxygens (including phenoxy) is 2. The standard InChI is InChI=1S/C19H20FNO4S/c1-12-9-21(10-13(2)25-12)18(22)11-24-19(23)17-8-7-16(26-17)14-3-5-15(20)6-4-14/h3-8,12-13H,9-11H2,1-2H3. The van der Waals surface area contributed by atoms with E-state index in [1.807, 2.05) is 13.8 Å². The molecule has 1 amide bonds. The van der Waals surface area contributed by atoms with Crippen molar-refractivity contribution in [2.24, 2.45) is 0 Å². The molecule has 0 spiro atoms. The number of morpholine rings is 1. The molecule has 2 atom stereocenters. The van der Waals surface area contributed by atoms with Gasteiger partial charge >= 0.3 is 5.97 Å². The second-order valence-corrected chi connectivity index (χ2v) is 7.39. The van der Waals surface area contributed by atoms with Crippen molar-refractivity contribution in [2.45, 2.75) is 26.1 Å². The van der Waals surface area contributed by atoms with E-state index in [9.17, 15) is 14.0 Å². The number of carbonyl (C=O) groups excluding carboxylic acids is 2. The van der Waals surface area contributed by atoms with Crippen LogP contribution in [0.25, 0.3) is 10.4 Å². The van der Waals surface area contributed by atoms with E-state index in [1.54, 1.807) is 29.2 Å². The third-order valence-electron chi connectivity index (χ3n) is 4.03. The minimum absolute atomic E-state index is 0.0334. The second-order valence-electron chi connectivity index (χ2n) is 6.30. The molecule has 1 aliphatic rings. The van der Waals surface area contributed by atoms with Crippen LogP contribution in [0.5, 0.6) is 0 Å². The zero-order valence-electron chi connectivity index (χ0n) is 14.6. The molecule has 0 bridgehead atoms. The molecule has 0 N–H and O–H groups in total. The Hall–Kier alpha value is -2.25. The van der Waals surface area contributed by atoms with Gasteiger partial charge in [-0.3, -0.25) is 4.79 Å². The molecule has 1 aromatic carbocycles. The fourth-order valence-electron chi connectivity index (χ4n) is 2.89. The maximum Gasteiger partial charge on any atom is 0.348 e. The van der Waals surface area contributed by atoms with E-state index in [0.717, 1.165) is 10.4 Å². The number of hydrogen-bond acceptors (Lipinski definition) is 5. The molecule has 5 nitrogen and oxygen atoms in total. The number of rotatable bonds is 4. The van der Waals surface area contributed by atoms with Crippen molar-refractivity contribution in [2.75, 3.05) is 19.7 Å². The van der Waals surface area contributed by atoms with Gasteiger partial charge in [0, 0.05) is 18.0 Å². The average molecular weight is 377 g/mol. The van der Waals surface area contributed by atoms with Gasteiger partial charge in [-0.15, -0.1) is 11.3 Å². The number of amides is 1. The third-order valence-corrected chi connectivity index (χ3v) is 5.15. The highest BCUT2D eigenvalue weighted by molar-refractivity contribution is 7.17. The summed E-state index contributed by atoms with van der Waals surface area (Å²) in [5.41, 5.74) is 0.822. The first-order chi connectivity index (χ1) is 12.4. The Labute approximate surface area is 155 Å². The van der Waals surface area contributed by atoms with Crippen molar-refractivity contribution < 1.29 is 23.5 Å². The summed E-state index contributed by atoms with van der Waals surface area (Å²) in [7, 11) is 0. The molecule has 0 saturated carbocycles. The molecule has 1 aromatic heterocycles. The van der Waals surface area contributed by atoms with Gasteiger partial charge in [0.1, 0.15) is 10.7 Å². The van der Waals surface area contributed by atoms with Crippen LogP contribution in [0, 0.1) is 5.82 Å². The van der Waals surface area contributed by atoms with Crippen LogP contribution in [-0.4, -0.2) is 48.7 Å². The first kappa shape index (κ1) is 18.5. The molecule has 1 aliphatic heterocycles. The van der Waals surface area contributed by atoms with Crippen LogP contribution < -0.4 is 0 Å². The fourth-order valence-corrected chi connectivity index (χ4v) is 3.79. The normalized spacial score (nSPS) is 20.0. The molecule has 7 heteroatoms. The van der Waals surface area contributed by atoms with E-state index < -0.39 is 5.97 Å². The summed E-state index contributed by atoms with van der Waals surface area (Å²) in [6.45, 7) is 4.51. The summed E-state index contributed by atoms with van der Waals surface area (Å²) in [6, 6.07) is 9.48. The van der Waals surface area contributed by atoms with Gasteiger partial charge in [-0.25, -0.2) is 9.18 Å². The lowest BCUT2D eigenvalue weighted by molar-refractivity contribution is -0.146. The van der Waals surface area contributed by atoms with E-state index >= 15 is 0 Å². The zero-order chi connectivity index (χ0) is 18.7. The van der Waals surface area contributed by atoms with E-state index in [2.05, 4.69) is 0 Å². The minimum Gasteiger partial charge on any atom is -0.451 e. The smallest absolute Gasteiger partial charge is 0.348 e. The molecule has 0 aliphatic carbocycles. The molecular weight excluding hydrogens is 357 g/mol. The van der Waals surface area contributed by atoms with Crippen molar-refractivity contribution in [3.8, 4) is 10.4 Å². The molecule has 138 valence electrons. The van der Waals surface area contributed by atoms with Gasteiger partial charge in [-0.1, -0.05) is 12.1 Å². The van der Waals surface area contributed by atoms with Crippen molar-refractivity contribution in [1.82, 2.24) is 4.90 Å². The second kappa shape index (κ2) is 7.97. The Bertz CT molecular complexity index is 779. The largest absolute Gasteiger partial charge is 0.451 e.